The molecular formula is C7H5Cl2F2NO3S. The molecule has 4 nitrogen and oxygen atoms in total. The van der Waals surface area contributed by atoms with Gasteiger partial charge in [0.1, 0.15) is 5.69 Å². The van der Waals surface area contributed by atoms with Gasteiger partial charge in [0.05, 0.1) is 12.1 Å². The Labute approximate surface area is 99.6 Å². The Balaban J connectivity index is 3.53. The van der Waals surface area contributed by atoms with E-state index >= 15 is 0 Å². The molecule has 16 heavy (non-hydrogen) atoms. The van der Waals surface area contributed by atoms with Crippen molar-refractivity contribution < 1.29 is 21.9 Å². The van der Waals surface area contributed by atoms with Crippen molar-refractivity contribution in [3.63, 3.8) is 0 Å². The average Bonchev–Trinajstić information content (AvgIpc) is 2.14. The van der Waals surface area contributed by atoms with E-state index in [1.165, 1.54) is 0 Å². The van der Waals surface area contributed by atoms with Crippen molar-refractivity contribution in [2.45, 2.75) is 11.5 Å². The number of aromatic nitrogens is 1. The smallest absolute Gasteiger partial charge is 0.282 e. The maximum atomic E-state index is 12.4. The average molecular weight is 292 g/mol. The molecule has 1 aromatic heterocycles. The number of rotatable bonds is 3. The number of hydrogen-bond donors (Lipinski definition) is 0. The lowest BCUT2D eigenvalue weighted by Gasteiger charge is -2.08. The number of ether oxygens (including phenoxy) is 1. The molecule has 0 aliphatic heterocycles. The number of hydrogen-bond acceptors (Lipinski definition) is 4. The highest BCUT2D eigenvalue weighted by Gasteiger charge is 2.24. The standard InChI is InChI=1S/C7H5Cl2F2NO3S/c1-15-4-2-3(8)5(6(10)11)12-7(4)16(9,13)14/h2,6H,1H3. The minimum atomic E-state index is -4.27. The fourth-order valence-corrected chi connectivity index (χ4v) is 2.09. The molecule has 0 aromatic carbocycles. The third kappa shape index (κ3) is 2.72. The fraction of sp³-hybridized carbons (Fsp3) is 0.286. The van der Waals surface area contributed by atoms with Crippen molar-refractivity contribution >= 4 is 31.3 Å². The second kappa shape index (κ2) is 4.68. The van der Waals surface area contributed by atoms with Crippen LogP contribution >= 0.6 is 22.3 Å². The van der Waals surface area contributed by atoms with Crippen molar-refractivity contribution in [1.82, 2.24) is 4.98 Å². The quantitative estimate of drug-likeness (QED) is 0.803. The number of methoxy groups -OCH3 is 1. The summed E-state index contributed by atoms with van der Waals surface area (Å²) in [5, 5.41) is -1.17. The van der Waals surface area contributed by atoms with E-state index in [2.05, 4.69) is 9.72 Å². The number of nitrogens with zero attached hydrogens (tertiary/aromatic N) is 1. The zero-order valence-electron chi connectivity index (χ0n) is 7.75. The summed E-state index contributed by atoms with van der Waals surface area (Å²) in [4.78, 5) is 3.19. The van der Waals surface area contributed by atoms with Crippen LogP contribution in [0.2, 0.25) is 5.02 Å². The molecule has 0 atom stereocenters. The van der Waals surface area contributed by atoms with Gasteiger partial charge in [0, 0.05) is 16.7 Å². The predicted octanol–water partition coefficient (Wildman–Crippen LogP) is 2.61. The SMILES string of the molecule is COc1cc(Cl)c(C(F)F)nc1S(=O)(=O)Cl. The van der Waals surface area contributed by atoms with Crippen LogP contribution in [-0.2, 0) is 9.05 Å². The van der Waals surface area contributed by atoms with Crippen LogP contribution in [0.4, 0.5) is 8.78 Å². The van der Waals surface area contributed by atoms with E-state index in [9.17, 15) is 17.2 Å². The van der Waals surface area contributed by atoms with Crippen LogP contribution in [0.25, 0.3) is 0 Å². The molecule has 0 radical (unpaired) electrons. The van der Waals surface area contributed by atoms with E-state index in [1.807, 2.05) is 0 Å². The van der Waals surface area contributed by atoms with E-state index < -0.39 is 31.2 Å². The molecule has 9 heteroatoms. The van der Waals surface area contributed by atoms with E-state index in [-0.39, 0.29) is 5.75 Å². The van der Waals surface area contributed by atoms with Gasteiger partial charge in [-0.25, -0.2) is 22.2 Å². The normalized spacial score (nSPS) is 11.9. The van der Waals surface area contributed by atoms with E-state index in [4.69, 9.17) is 22.3 Å². The molecule has 0 amide bonds. The lowest BCUT2D eigenvalue weighted by molar-refractivity contribution is 0.145. The van der Waals surface area contributed by atoms with Gasteiger partial charge < -0.3 is 4.74 Å². The van der Waals surface area contributed by atoms with Crippen molar-refractivity contribution in [1.29, 1.82) is 0 Å². The number of halogens is 4. The third-order valence-electron chi connectivity index (χ3n) is 1.59. The second-order valence-corrected chi connectivity index (χ2v) is 5.49. The summed E-state index contributed by atoms with van der Waals surface area (Å²) in [5.41, 5.74) is -0.860. The summed E-state index contributed by atoms with van der Waals surface area (Å²) < 4.78 is 51.5. The van der Waals surface area contributed by atoms with Gasteiger partial charge in [-0.2, -0.15) is 0 Å². The molecule has 1 rings (SSSR count). The third-order valence-corrected chi connectivity index (χ3v) is 3.09. The van der Waals surface area contributed by atoms with Gasteiger partial charge in [-0.15, -0.1) is 0 Å². The molecule has 0 saturated heterocycles. The monoisotopic (exact) mass is 291 g/mol. The lowest BCUT2D eigenvalue weighted by atomic mass is 10.3. The van der Waals surface area contributed by atoms with Crippen LogP contribution in [0.15, 0.2) is 11.1 Å². The Morgan fingerprint density at radius 1 is 1.50 bits per heavy atom. The van der Waals surface area contributed by atoms with E-state index in [0.717, 1.165) is 13.2 Å². The maximum absolute atomic E-state index is 12.4. The Hall–Kier alpha value is -0.660. The predicted molar refractivity (Wildman–Crippen MR) is 53.8 cm³/mol. The van der Waals surface area contributed by atoms with Crippen LogP contribution in [0.3, 0.4) is 0 Å². The summed E-state index contributed by atoms with van der Waals surface area (Å²) in [6, 6.07) is 0.922. The summed E-state index contributed by atoms with van der Waals surface area (Å²) in [5.74, 6) is -0.288. The molecule has 0 unspecified atom stereocenters. The Morgan fingerprint density at radius 3 is 2.44 bits per heavy atom. The molecule has 0 aliphatic rings. The molecule has 1 heterocycles. The first kappa shape index (κ1) is 13.4. The van der Waals surface area contributed by atoms with Crippen molar-refractivity contribution in [2.24, 2.45) is 0 Å². The highest BCUT2D eigenvalue weighted by atomic mass is 35.7. The van der Waals surface area contributed by atoms with Gasteiger partial charge in [-0.1, -0.05) is 11.6 Å². The van der Waals surface area contributed by atoms with Crippen LogP contribution in [0.5, 0.6) is 5.75 Å². The first-order valence-electron chi connectivity index (χ1n) is 3.74. The topological polar surface area (TPSA) is 56.3 Å². The lowest BCUT2D eigenvalue weighted by Crippen LogP contribution is -2.03. The fourth-order valence-electron chi connectivity index (χ4n) is 0.943. The van der Waals surface area contributed by atoms with Crippen molar-refractivity contribution in [2.75, 3.05) is 7.11 Å². The molecule has 0 fully saturated rings. The summed E-state index contributed by atoms with van der Waals surface area (Å²) in [7, 11) is 1.88. The molecule has 1 aromatic rings. The Bertz CT molecular complexity index is 507. The zero-order chi connectivity index (χ0) is 12.5. The van der Waals surface area contributed by atoms with Gasteiger partial charge in [-0.05, 0) is 0 Å². The maximum Gasteiger partial charge on any atom is 0.282 e. The van der Waals surface area contributed by atoms with Crippen LogP contribution in [0, 0.1) is 0 Å². The van der Waals surface area contributed by atoms with E-state index in [1.54, 1.807) is 0 Å². The number of alkyl halides is 2. The molecule has 0 aliphatic carbocycles. The van der Waals surface area contributed by atoms with E-state index in [0.29, 0.717) is 0 Å². The Morgan fingerprint density at radius 2 is 2.06 bits per heavy atom. The molecule has 90 valence electrons. The zero-order valence-corrected chi connectivity index (χ0v) is 10.1. The molecule has 0 saturated carbocycles. The summed E-state index contributed by atoms with van der Waals surface area (Å²) in [6.07, 6.45) is -3.00. The minimum Gasteiger partial charge on any atom is -0.494 e. The first-order chi connectivity index (χ1) is 7.27. The van der Waals surface area contributed by atoms with Gasteiger partial charge in [-0.3, -0.25) is 0 Å². The molecular weight excluding hydrogens is 287 g/mol. The van der Waals surface area contributed by atoms with Crippen LogP contribution < -0.4 is 4.74 Å². The van der Waals surface area contributed by atoms with Crippen molar-refractivity contribution in [3.8, 4) is 5.75 Å². The highest BCUT2D eigenvalue weighted by molar-refractivity contribution is 8.13. The van der Waals surface area contributed by atoms with Gasteiger partial charge in [0.25, 0.3) is 15.5 Å². The van der Waals surface area contributed by atoms with Crippen LogP contribution in [-0.4, -0.2) is 20.5 Å². The summed E-state index contributed by atoms with van der Waals surface area (Å²) >= 11 is 5.46. The Kier molecular flexibility index (Phi) is 3.92. The van der Waals surface area contributed by atoms with Crippen LogP contribution in [0.1, 0.15) is 12.1 Å². The van der Waals surface area contributed by atoms with Gasteiger partial charge in [0.15, 0.2) is 5.75 Å². The number of pyridine rings is 1. The molecule has 0 spiro atoms. The molecule has 0 N–H and O–H groups in total. The minimum absolute atomic E-state index is 0.288. The molecule has 0 bridgehead atoms. The highest BCUT2D eigenvalue weighted by Crippen LogP contribution is 2.33. The van der Waals surface area contributed by atoms with Gasteiger partial charge >= 0.3 is 0 Å². The van der Waals surface area contributed by atoms with Gasteiger partial charge in [0.2, 0.25) is 5.03 Å². The van der Waals surface area contributed by atoms with Crippen molar-refractivity contribution in [3.05, 3.63) is 16.8 Å². The largest absolute Gasteiger partial charge is 0.494 e. The summed E-state index contributed by atoms with van der Waals surface area (Å²) in [6.45, 7) is 0. The second-order valence-electron chi connectivity index (χ2n) is 2.60. The first-order valence-corrected chi connectivity index (χ1v) is 6.43.